The third-order valence-corrected chi connectivity index (χ3v) is 7.73. The number of carbonyl (C=O) groups excluding carboxylic acids is 1. The number of nitrogens with one attached hydrogen (secondary N) is 1. The first-order chi connectivity index (χ1) is 14.5. The van der Waals surface area contributed by atoms with Gasteiger partial charge in [-0.2, -0.15) is 13.1 Å². The van der Waals surface area contributed by atoms with Crippen LogP contribution in [0.3, 0.4) is 0 Å². The normalized spacial score (nSPS) is 18.7. The summed E-state index contributed by atoms with van der Waals surface area (Å²) in [6, 6.07) is 9.55. The van der Waals surface area contributed by atoms with Gasteiger partial charge < -0.3 is 14.8 Å². The summed E-state index contributed by atoms with van der Waals surface area (Å²) in [4.78, 5) is 12.9. The number of benzene rings is 2. The lowest BCUT2D eigenvalue weighted by atomic mass is 10.2. The van der Waals surface area contributed by atoms with Crippen molar-refractivity contribution in [1.29, 1.82) is 0 Å². The van der Waals surface area contributed by atoms with Crippen molar-refractivity contribution in [2.75, 3.05) is 13.3 Å². The number of ether oxygens (including phenoxy) is 2. The van der Waals surface area contributed by atoms with Gasteiger partial charge in [-0.25, -0.2) is 8.42 Å². The zero-order chi connectivity index (χ0) is 20.7. The Hall–Kier alpha value is -2.76. The van der Waals surface area contributed by atoms with E-state index in [1.54, 1.807) is 18.2 Å². The fourth-order valence-corrected chi connectivity index (χ4v) is 6.17. The maximum absolute atomic E-state index is 13.3. The van der Waals surface area contributed by atoms with E-state index in [2.05, 4.69) is 14.1 Å². The third-order valence-electron chi connectivity index (χ3n) is 5.25. The summed E-state index contributed by atoms with van der Waals surface area (Å²) in [5.74, 6) is 0.984. The molecule has 156 valence electrons. The van der Waals surface area contributed by atoms with Crippen LogP contribution in [0.15, 0.2) is 41.3 Å². The Labute approximate surface area is 177 Å². The number of aromatic nitrogens is 2. The maximum Gasteiger partial charge on any atom is 0.246 e. The van der Waals surface area contributed by atoms with Crippen LogP contribution in [0.1, 0.15) is 18.4 Å². The van der Waals surface area contributed by atoms with E-state index in [4.69, 9.17) is 9.47 Å². The van der Waals surface area contributed by atoms with Crippen molar-refractivity contribution < 1.29 is 22.7 Å². The summed E-state index contributed by atoms with van der Waals surface area (Å²) in [6.07, 6.45) is 1.09. The van der Waals surface area contributed by atoms with Crippen molar-refractivity contribution in [2.24, 2.45) is 0 Å². The molecule has 0 bridgehead atoms. The molecule has 1 fully saturated rings. The van der Waals surface area contributed by atoms with Gasteiger partial charge in [0.1, 0.15) is 22.0 Å². The summed E-state index contributed by atoms with van der Waals surface area (Å²) in [6.45, 7) is 0.741. The number of rotatable bonds is 5. The molecular formula is C19H18N4O5S2. The molecule has 0 radical (unpaired) electrons. The summed E-state index contributed by atoms with van der Waals surface area (Å²) in [5, 5.41) is 2.85. The largest absolute Gasteiger partial charge is 0.454 e. The van der Waals surface area contributed by atoms with Gasteiger partial charge in [-0.1, -0.05) is 12.1 Å². The van der Waals surface area contributed by atoms with Crippen molar-refractivity contribution in [1.82, 2.24) is 18.4 Å². The number of amides is 1. The van der Waals surface area contributed by atoms with Crippen LogP contribution in [0.2, 0.25) is 0 Å². The molecule has 5 rings (SSSR count). The molecule has 1 aromatic heterocycles. The Kier molecular flexibility index (Phi) is 4.80. The van der Waals surface area contributed by atoms with Crippen LogP contribution in [0.4, 0.5) is 0 Å². The molecule has 11 heteroatoms. The van der Waals surface area contributed by atoms with Gasteiger partial charge >= 0.3 is 0 Å². The number of carbonyl (C=O) groups is 1. The van der Waals surface area contributed by atoms with Crippen molar-refractivity contribution >= 4 is 38.7 Å². The van der Waals surface area contributed by atoms with Crippen LogP contribution in [-0.4, -0.2) is 46.8 Å². The van der Waals surface area contributed by atoms with Gasteiger partial charge in [0.2, 0.25) is 22.7 Å². The molecule has 2 aliphatic heterocycles. The second-order valence-corrected chi connectivity index (χ2v) is 9.45. The molecule has 2 aliphatic rings. The maximum atomic E-state index is 13.3. The van der Waals surface area contributed by atoms with Gasteiger partial charge in [-0.3, -0.25) is 4.79 Å². The molecule has 1 N–H and O–H groups in total. The van der Waals surface area contributed by atoms with Gasteiger partial charge in [0.15, 0.2) is 11.5 Å². The molecule has 0 saturated carbocycles. The molecule has 0 spiro atoms. The lowest BCUT2D eigenvalue weighted by Gasteiger charge is -2.23. The Bertz CT molecular complexity index is 1230. The highest BCUT2D eigenvalue weighted by Crippen LogP contribution is 2.33. The van der Waals surface area contributed by atoms with E-state index < -0.39 is 16.1 Å². The predicted molar refractivity (Wildman–Crippen MR) is 109 cm³/mol. The zero-order valence-corrected chi connectivity index (χ0v) is 17.4. The van der Waals surface area contributed by atoms with Gasteiger partial charge in [0.25, 0.3) is 0 Å². The Morgan fingerprint density at radius 2 is 2.07 bits per heavy atom. The highest BCUT2D eigenvalue weighted by atomic mass is 32.2. The third kappa shape index (κ3) is 3.28. The first kappa shape index (κ1) is 19.2. The van der Waals surface area contributed by atoms with E-state index in [9.17, 15) is 13.2 Å². The SMILES string of the molecule is O=C(NCc1ccc2c(c1)OCO2)[C@@H]1CCCN1S(=O)(=O)c1cccc2nsnc12. The standard InChI is InChI=1S/C19H18N4O5S2/c24-19(20-10-12-6-7-15-16(9-12)28-11-27-15)14-4-2-8-23(14)30(25,26)17-5-1-3-13-18(17)22-29-21-13/h1,3,5-7,9,14H,2,4,8,10-11H2,(H,20,24)/t14-/m0/s1. The lowest BCUT2D eigenvalue weighted by Crippen LogP contribution is -2.45. The van der Waals surface area contributed by atoms with Crippen LogP contribution in [0, 0.1) is 0 Å². The molecule has 2 aromatic carbocycles. The average Bonchev–Trinajstić information content (AvgIpc) is 3.51. The van der Waals surface area contributed by atoms with E-state index >= 15 is 0 Å². The van der Waals surface area contributed by atoms with Crippen LogP contribution in [0.25, 0.3) is 11.0 Å². The summed E-state index contributed by atoms with van der Waals surface area (Å²) in [5.41, 5.74) is 1.72. The van der Waals surface area contributed by atoms with Crippen molar-refractivity contribution in [3.63, 3.8) is 0 Å². The average molecular weight is 447 g/mol. The molecule has 9 nitrogen and oxygen atoms in total. The Morgan fingerprint density at radius 1 is 1.20 bits per heavy atom. The summed E-state index contributed by atoms with van der Waals surface area (Å²) < 4.78 is 46.8. The first-order valence-corrected chi connectivity index (χ1v) is 11.6. The molecule has 1 saturated heterocycles. The molecule has 1 atom stereocenters. The predicted octanol–water partition coefficient (Wildman–Crippen LogP) is 1.89. The summed E-state index contributed by atoms with van der Waals surface area (Å²) in [7, 11) is -3.88. The quantitative estimate of drug-likeness (QED) is 0.637. The minimum atomic E-state index is -3.88. The number of nitrogens with zero attached hydrogens (tertiary/aromatic N) is 3. The minimum absolute atomic E-state index is 0.0872. The van der Waals surface area contributed by atoms with E-state index in [1.165, 1.54) is 10.4 Å². The molecular weight excluding hydrogens is 428 g/mol. The lowest BCUT2D eigenvalue weighted by molar-refractivity contribution is -0.124. The van der Waals surface area contributed by atoms with Crippen molar-refractivity contribution in [3.05, 3.63) is 42.0 Å². The molecule has 0 unspecified atom stereocenters. The second-order valence-electron chi connectivity index (χ2n) is 7.07. The van der Waals surface area contributed by atoms with Gasteiger partial charge in [0.05, 0.1) is 11.7 Å². The van der Waals surface area contributed by atoms with Crippen LogP contribution < -0.4 is 14.8 Å². The van der Waals surface area contributed by atoms with Gasteiger partial charge in [-0.15, -0.1) is 0 Å². The zero-order valence-electron chi connectivity index (χ0n) is 15.8. The van der Waals surface area contributed by atoms with Crippen molar-refractivity contribution in [3.8, 4) is 11.5 Å². The number of sulfonamides is 1. The number of fused-ring (bicyclic) bond motifs is 2. The van der Waals surface area contributed by atoms with E-state index in [0.717, 1.165) is 17.3 Å². The second kappa shape index (κ2) is 7.49. The van der Waals surface area contributed by atoms with Crippen LogP contribution in [0.5, 0.6) is 11.5 Å². The Balaban J connectivity index is 1.34. The number of hydrogen-bond donors (Lipinski definition) is 1. The highest BCUT2D eigenvalue weighted by molar-refractivity contribution is 7.89. The first-order valence-electron chi connectivity index (χ1n) is 9.43. The van der Waals surface area contributed by atoms with Gasteiger partial charge in [-0.05, 0) is 42.7 Å². The fraction of sp³-hybridized carbons (Fsp3) is 0.316. The smallest absolute Gasteiger partial charge is 0.246 e. The highest BCUT2D eigenvalue weighted by Gasteiger charge is 2.40. The molecule has 0 aliphatic carbocycles. The fourth-order valence-electron chi connectivity index (χ4n) is 3.76. The van der Waals surface area contributed by atoms with E-state index in [1.807, 2.05) is 12.1 Å². The molecule has 1 amide bonds. The number of hydrogen-bond acceptors (Lipinski definition) is 8. The summed E-state index contributed by atoms with van der Waals surface area (Å²) >= 11 is 0.966. The molecule has 30 heavy (non-hydrogen) atoms. The molecule has 3 aromatic rings. The van der Waals surface area contributed by atoms with Crippen LogP contribution >= 0.6 is 11.7 Å². The van der Waals surface area contributed by atoms with Gasteiger partial charge in [0, 0.05) is 13.1 Å². The van der Waals surface area contributed by atoms with Crippen molar-refractivity contribution in [2.45, 2.75) is 30.3 Å². The topological polar surface area (TPSA) is 111 Å². The monoisotopic (exact) mass is 446 g/mol. The molecule has 3 heterocycles. The minimum Gasteiger partial charge on any atom is -0.454 e. The van der Waals surface area contributed by atoms with E-state index in [-0.39, 0.29) is 24.1 Å². The van der Waals surface area contributed by atoms with E-state index in [0.29, 0.717) is 41.9 Å². The Morgan fingerprint density at radius 3 is 2.97 bits per heavy atom. The van der Waals surface area contributed by atoms with Crippen LogP contribution in [-0.2, 0) is 21.4 Å².